The Hall–Kier alpha value is 0.683. The van der Waals surface area contributed by atoms with Gasteiger partial charge in [-0.2, -0.15) is 0 Å². The molecule has 0 aromatic carbocycles. The predicted octanol–water partition coefficient (Wildman–Crippen LogP) is 3.05. The van der Waals surface area contributed by atoms with Gasteiger partial charge in [-0.25, -0.2) is 0 Å². The fourth-order valence-electron chi connectivity index (χ4n) is 1.06. The van der Waals surface area contributed by atoms with Gasteiger partial charge >= 0.3 is 75.6 Å². The Morgan fingerprint density at radius 2 is 2.10 bits per heavy atom. The normalized spacial score (nSPS) is 12.6. The van der Waals surface area contributed by atoms with E-state index in [1.54, 1.807) is 0 Å². The molecule has 0 heterocycles. The molecule has 0 rings (SSSR count). The summed E-state index contributed by atoms with van der Waals surface area (Å²) in [5, 5.41) is 0. The molecule has 0 radical (unpaired) electrons. The van der Waals surface area contributed by atoms with Gasteiger partial charge in [-0.1, -0.05) is 0 Å². The second-order valence-electron chi connectivity index (χ2n) is 2.76. The summed E-state index contributed by atoms with van der Waals surface area (Å²) >= 11 is -1.15. The maximum absolute atomic E-state index is 10.4. The Morgan fingerprint density at radius 3 is 2.50 bits per heavy atom. The van der Waals surface area contributed by atoms with Gasteiger partial charge in [-0.15, -0.1) is 0 Å². The van der Waals surface area contributed by atoms with Gasteiger partial charge in [0.1, 0.15) is 0 Å². The van der Waals surface area contributed by atoms with E-state index in [4.69, 9.17) is 0 Å². The Kier molecular flexibility index (Phi) is 8.32. The van der Waals surface area contributed by atoms with Gasteiger partial charge in [0.05, 0.1) is 0 Å². The fraction of sp³-hybridized carbons (Fsp3) is 1.00. The molecule has 0 saturated heterocycles. The average Bonchev–Trinajstić information content (AvgIpc) is 1.98. The first-order valence-corrected chi connectivity index (χ1v) is 6.94. The summed E-state index contributed by atoms with van der Waals surface area (Å²) < 4.78 is 11.5. The van der Waals surface area contributed by atoms with Gasteiger partial charge in [0.15, 0.2) is 0 Å². The number of hydrogen-bond acceptors (Lipinski definition) is 1. The summed E-state index contributed by atoms with van der Waals surface area (Å²) in [6, 6.07) is 0. The molecule has 1 nitrogen and oxygen atoms in total. The first-order chi connectivity index (χ1) is 4.85. The molecule has 10 heavy (non-hydrogen) atoms. The molecule has 0 N–H and O–H groups in total. The molecule has 0 spiro atoms. The van der Waals surface area contributed by atoms with E-state index in [2.05, 4.69) is 13.8 Å². The van der Waals surface area contributed by atoms with Crippen LogP contribution in [0.2, 0.25) is 4.13 Å². The van der Waals surface area contributed by atoms with Crippen LogP contribution in [0.4, 0.5) is 0 Å². The number of unbranched alkanes of at least 4 members (excludes halogenated alkanes) is 1. The quantitative estimate of drug-likeness (QED) is 0.672. The van der Waals surface area contributed by atoms with Gasteiger partial charge in [-0.05, 0) is 0 Å². The Balaban J connectivity index is 3.29. The van der Waals surface area contributed by atoms with Crippen molar-refractivity contribution in [2.24, 2.45) is 5.92 Å². The van der Waals surface area contributed by atoms with E-state index in [1.807, 2.05) is 0 Å². The van der Waals surface area contributed by atoms with Crippen molar-refractivity contribution in [1.82, 2.24) is 0 Å². The van der Waals surface area contributed by atoms with E-state index in [9.17, 15) is 2.81 Å². The molecule has 2 heteroatoms. The van der Waals surface area contributed by atoms with Crippen LogP contribution in [0, 0.1) is 5.92 Å². The van der Waals surface area contributed by atoms with Crippen LogP contribution in [-0.2, 0) is 26.1 Å². The summed E-state index contributed by atoms with van der Waals surface area (Å²) in [5.41, 5.74) is 0. The minimum atomic E-state index is -1.15. The molecule has 1 atom stereocenters. The maximum atomic E-state index is 10.4. The molecule has 0 amide bonds. The van der Waals surface area contributed by atoms with E-state index < -0.39 is 23.2 Å². The van der Waals surface area contributed by atoms with Crippen molar-refractivity contribution in [3.05, 3.63) is 0 Å². The molecule has 0 fully saturated rings. The van der Waals surface area contributed by atoms with E-state index in [0.29, 0.717) is 0 Å². The summed E-state index contributed by atoms with van der Waals surface area (Å²) in [5.74, 6) is 0.782. The second-order valence-corrected chi connectivity index (χ2v) is 4.48. The van der Waals surface area contributed by atoms with E-state index >= 15 is 0 Å². The van der Waals surface area contributed by atoms with Crippen LogP contribution in [-0.4, -0.2) is 0 Å². The number of hydrogen-bond donors (Lipinski definition) is 0. The third kappa shape index (κ3) is 5.47. The topological polar surface area (TPSA) is 17.1 Å². The van der Waals surface area contributed by atoms with Crippen LogP contribution >= 0.6 is 0 Å². The van der Waals surface area contributed by atoms with Crippen LogP contribution in [0.3, 0.4) is 0 Å². The molecule has 0 aliphatic rings. The zero-order valence-electron chi connectivity index (χ0n) is 7.02. The molecular formula is C8H17OZr. The van der Waals surface area contributed by atoms with Crippen molar-refractivity contribution in [2.45, 2.75) is 43.7 Å². The molecule has 0 aromatic rings. The number of rotatable bonds is 6. The van der Waals surface area contributed by atoms with Crippen molar-refractivity contribution in [3.63, 3.8) is 0 Å². The Morgan fingerprint density at radius 1 is 1.40 bits per heavy atom. The van der Waals surface area contributed by atoms with Crippen LogP contribution in [0.1, 0.15) is 39.5 Å². The molecular weight excluding hydrogens is 203 g/mol. The zero-order chi connectivity index (χ0) is 7.82. The zero-order valence-corrected chi connectivity index (χ0v) is 9.48. The Bertz CT molecular complexity index is 83.3. The predicted molar refractivity (Wildman–Crippen MR) is 38.8 cm³/mol. The molecule has 0 aliphatic heterocycles. The van der Waals surface area contributed by atoms with Gasteiger partial charge in [0.2, 0.25) is 0 Å². The van der Waals surface area contributed by atoms with Gasteiger partial charge < -0.3 is 0 Å². The third-order valence-electron chi connectivity index (χ3n) is 1.92. The van der Waals surface area contributed by atoms with Crippen LogP contribution < -0.4 is 0 Å². The summed E-state index contributed by atoms with van der Waals surface area (Å²) in [7, 11) is 0. The molecule has 1 unspecified atom stereocenters. The first kappa shape index (κ1) is 10.7. The SMILES string of the molecule is CCCCC(CC)[CH2][Zr]=[O]. The van der Waals surface area contributed by atoms with Crippen LogP contribution in [0.15, 0.2) is 0 Å². The fourth-order valence-corrected chi connectivity index (χ4v) is 2.85. The van der Waals surface area contributed by atoms with Gasteiger partial charge in [-0.3, -0.25) is 0 Å². The van der Waals surface area contributed by atoms with E-state index in [-0.39, 0.29) is 0 Å². The van der Waals surface area contributed by atoms with Crippen molar-refractivity contribution in [3.8, 4) is 0 Å². The Labute approximate surface area is 75.6 Å². The first-order valence-electron chi connectivity index (χ1n) is 4.20. The monoisotopic (exact) mass is 219 g/mol. The third-order valence-corrected chi connectivity index (χ3v) is 3.74. The summed E-state index contributed by atoms with van der Waals surface area (Å²) in [6.07, 6.45) is 5.12. The average molecular weight is 220 g/mol. The van der Waals surface area contributed by atoms with E-state index in [1.165, 1.54) is 25.7 Å². The van der Waals surface area contributed by atoms with Crippen molar-refractivity contribution < 1.29 is 26.1 Å². The van der Waals surface area contributed by atoms with E-state index in [0.717, 1.165) is 10.0 Å². The van der Waals surface area contributed by atoms with Crippen molar-refractivity contribution >= 4 is 0 Å². The minimum absolute atomic E-state index is 0.782. The van der Waals surface area contributed by atoms with Crippen molar-refractivity contribution in [2.75, 3.05) is 0 Å². The van der Waals surface area contributed by atoms with Gasteiger partial charge in [0.25, 0.3) is 0 Å². The molecule has 59 valence electrons. The van der Waals surface area contributed by atoms with Crippen LogP contribution in [0.5, 0.6) is 0 Å². The van der Waals surface area contributed by atoms with Gasteiger partial charge in [0, 0.05) is 0 Å². The van der Waals surface area contributed by atoms with Crippen LogP contribution in [0.25, 0.3) is 0 Å². The summed E-state index contributed by atoms with van der Waals surface area (Å²) in [6.45, 7) is 4.42. The second kappa shape index (κ2) is 7.79. The molecule has 0 aromatic heterocycles. The molecule has 0 bridgehead atoms. The molecule has 0 aliphatic carbocycles. The van der Waals surface area contributed by atoms with Crippen molar-refractivity contribution in [1.29, 1.82) is 0 Å². The molecule has 0 saturated carbocycles. The standard InChI is InChI=1S/C8H17.O.Zr/c1-4-6-7-8(3)5-2;;/h8H,3-7H2,1-2H3;;. The summed E-state index contributed by atoms with van der Waals surface area (Å²) in [4.78, 5) is 0.